The number of amides is 3. The number of imide groups is 1. The molecule has 1 saturated carbocycles. The van der Waals surface area contributed by atoms with Crippen LogP contribution in [0.2, 0.25) is 0 Å². The molecule has 0 spiro atoms. The highest BCUT2D eigenvalue weighted by molar-refractivity contribution is 5.95. The summed E-state index contributed by atoms with van der Waals surface area (Å²) >= 11 is 0. The number of carbonyl (C=O) groups is 2. The predicted octanol–water partition coefficient (Wildman–Crippen LogP) is 1.79. The third kappa shape index (κ3) is 6.10. The molecule has 3 rings (SSSR count). The Morgan fingerprint density at radius 1 is 1.28 bits per heavy atom. The van der Waals surface area contributed by atoms with E-state index in [4.69, 9.17) is 4.74 Å². The summed E-state index contributed by atoms with van der Waals surface area (Å²) in [6.07, 6.45) is 3.96. The number of carbonyl (C=O) groups excluding carboxylic acids is 2. The first-order valence-corrected chi connectivity index (χ1v) is 8.77. The number of hydrogen-bond acceptors (Lipinski definition) is 4. The smallest absolute Gasteiger partial charge is 0.321 e. The normalized spacial score (nSPS) is 19.8. The van der Waals surface area contributed by atoms with Gasteiger partial charge in [-0.25, -0.2) is 9.18 Å². The number of urea groups is 1. The molecule has 0 aromatic heterocycles. The fourth-order valence-electron chi connectivity index (χ4n) is 2.97. The van der Waals surface area contributed by atoms with Crippen molar-refractivity contribution in [1.29, 1.82) is 0 Å². The van der Waals surface area contributed by atoms with Crippen molar-refractivity contribution in [3.05, 3.63) is 35.6 Å². The molecule has 1 atom stereocenters. The van der Waals surface area contributed by atoms with E-state index in [9.17, 15) is 14.0 Å². The van der Waals surface area contributed by atoms with Crippen LogP contribution in [0, 0.1) is 5.82 Å². The van der Waals surface area contributed by atoms with E-state index in [0.29, 0.717) is 13.1 Å². The molecule has 2 fully saturated rings. The van der Waals surface area contributed by atoms with Gasteiger partial charge in [0.2, 0.25) is 5.91 Å². The van der Waals surface area contributed by atoms with Gasteiger partial charge in [-0.3, -0.25) is 15.0 Å². The second-order valence-corrected chi connectivity index (χ2v) is 6.73. The first-order valence-electron chi connectivity index (χ1n) is 8.77. The summed E-state index contributed by atoms with van der Waals surface area (Å²) in [7, 11) is 0. The molecule has 0 unspecified atom stereocenters. The molecule has 0 bridgehead atoms. The molecule has 7 heteroatoms. The second-order valence-electron chi connectivity index (χ2n) is 6.73. The van der Waals surface area contributed by atoms with Crippen molar-refractivity contribution < 1.29 is 18.7 Å². The minimum absolute atomic E-state index is 0.0639. The van der Waals surface area contributed by atoms with Gasteiger partial charge in [0.05, 0.1) is 12.6 Å². The van der Waals surface area contributed by atoms with Crippen LogP contribution in [0.3, 0.4) is 0 Å². The Hall–Kier alpha value is -1.99. The molecule has 1 aromatic rings. The van der Waals surface area contributed by atoms with Gasteiger partial charge in [-0.05, 0) is 43.4 Å². The SMILES string of the molecule is O=C(CN(Cc1cccc(F)c1)C[C@@H]1CCCO1)NC(=O)NC1CC1. The van der Waals surface area contributed by atoms with Gasteiger partial charge in [-0.2, -0.15) is 0 Å². The summed E-state index contributed by atoms with van der Waals surface area (Å²) in [4.78, 5) is 25.8. The maximum absolute atomic E-state index is 13.4. The van der Waals surface area contributed by atoms with Crippen LogP contribution in [-0.4, -0.2) is 48.7 Å². The Kier molecular flexibility index (Phi) is 5.99. The fourth-order valence-corrected chi connectivity index (χ4v) is 2.97. The Labute approximate surface area is 146 Å². The number of rotatable bonds is 7. The lowest BCUT2D eigenvalue weighted by Crippen LogP contribution is -2.46. The number of ether oxygens (including phenoxy) is 1. The van der Waals surface area contributed by atoms with Crippen molar-refractivity contribution in [1.82, 2.24) is 15.5 Å². The van der Waals surface area contributed by atoms with Crippen molar-refractivity contribution in [3.8, 4) is 0 Å². The number of halogens is 1. The number of nitrogens with zero attached hydrogens (tertiary/aromatic N) is 1. The maximum Gasteiger partial charge on any atom is 0.321 e. The third-order valence-corrected chi connectivity index (χ3v) is 4.31. The Balaban J connectivity index is 1.56. The molecule has 1 aliphatic heterocycles. The molecule has 3 amide bonds. The highest BCUT2D eigenvalue weighted by atomic mass is 19.1. The van der Waals surface area contributed by atoms with Crippen LogP contribution in [0.25, 0.3) is 0 Å². The highest BCUT2D eigenvalue weighted by Crippen LogP contribution is 2.18. The first-order chi connectivity index (χ1) is 12.1. The molecule has 0 radical (unpaired) electrons. The predicted molar refractivity (Wildman–Crippen MR) is 90.3 cm³/mol. The van der Waals surface area contributed by atoms with E-state index in [2.05, 4.69) is 10.6 Å². The van der Waals surface area contributed by atoms with Crippen molar-refractivity contribution in [2.24, 2.45) is 0 Å². The van der Waals surface area contributed by atoms with Crippen LogP contribution in [0.5, 0.6) is 0 Å². The molecule has 1 aromatic carbocycles. The molecule has 2 aliphatic rings. The Bertz CT molecular complexity index is 615. The summed E-state index contributed by atoms with van der Waals surface area (Å²) in [5.41, 5.74) is 0.785. The fraction of sp³-hybridized carbons (Fsp3) is 0.556. The standard InChI is InChI=1S/C18H24FN3O3/c19-14-4-1-3-13(9-14)10-22(11-16-5-2-8-25-16)12-17(23)21-18(24)20-15-6-7-15/h1,3-4,9,15-16H,2,5-8,10-12H2,(H2,20,21,23,24)/t16-/m0/s1. The van der Waals surface area contributed by atoms with Gasteiger partial charge in [0.1, 0.15) is 5.82 Å². The monoisotopic (exact) mass is 349 g/mol. The highest BCUT2D eigenvalue weighted by Gasteiger charge is 2.25. The number of nitrogens with one attached hydrogen (secondary N) is 2. The largest absolute Gasteiger partial charge is 0.377 e. The number of benzene rings is 1. The zero-order valence-electron chi connectivity index (χ0n) is 14.2. The van der Waals surface area contributed by atoms with Crippen LogP contribution in [0.4, 0.5) is 9.18 Å². The number of hydrogen-bond donors (Lipinski definition) is 2. The molecule has 6 nitrogen and oxygen atoms in total. The maximum atomic E-state index is 13.4. The van der Waals surface area contributed by atoms with E-state index in [-0.39, 0.29) is 30.4 Å². The lowest BCUT2D eigenvalue weighted by atomic mass is 10.1. The Morgan fingerprint density at radius 3 is 2.80 bits per heavy atom. The summed E-state index contributed by atoms with van der Waals surface area (Å²) in [6.45, 7) is 1.80. The average molecular weight is 349 g/mol. The van der Waals surface area contributed by atoms with Gasteiger partial charge in [-0.15, -0.1) is 0 Å². The van der Waals surface area contributed by atoms with Crippen molar-refractivity contribution in [2.45, 2.75) is 44.4 Å². The molecular weight excluding hydrogens is 325 g/mol. The van der Waals surface area contributed by atoms with Crippen LogP contribution in [0.15, 0.2) is 24.3 Å². The summed E-state index contributed by atoms with van der Waals surface area (Å²) in [5, 5.41) is 5.08. The first kappa shape index (κ1) is 17.8. The van der Waals surface area contributed by atoms with E-state index >= 15 is 0 Å². The molecule has 136 valence electrons. The van der Waals surface area contributed by atoms with Gasteiger partial charge < -0.3 is 10.1 Å². The van der Waals surface area contributed by atoms with Gasteiger partial charge in [-0.1, -0.05) is 12.1 Å². The average Bonchev–Trinajstić information content (AvgIpc) is 3.19. The van der Waals surface area contributed by atoms with E-state index in [1.807, 2.05) is 11.0 Å². The van der Waals surface area contributed by atoms with E-state index in [1.165, 1.54) is 12.1 Å². The molecule has 25 heavy (non-hydrogen) atoms. The summed E-state index contributed by atoms with van der Waals surface area (Å²) in [5.74, 6) is -0.671. The minimum Gasteiger partial charge on any atom is -0.377 e. The quantitative estimate of drug-likeness (QED) is 0.787. The summed E-state index contributed by atoms with van der Waals surface area (Å²) < 4.78 is 19.1. The molecule has 1 aliphatic carbocycles. The van der Waals surface area contributed by atoms with Gasteiger partial charge in [0.25, 0.3) is 0 Å². The van der Waals surface area contributed by atoms with E-state index in [1.54, 1.807) is 6.07 Å². The minimum atomic E-state index is -0.449. The van der Waals surface area contributed by atoms with E-state index in [0.717, 1.165) is 37.9 Å². The van der Waals surface area contributed by atoms with Crippen LogP contribution >= 0.6 is 0 Å². The summed E-state index contributed by atoms with van der Waals surface area (Å²) in [6, 6.07) is 6.07. The van der Waals surface area contributed by atoms with Crippen molar-refractivity contribution in [3.63, 3.8) is 0 Å². The van der Waals surface area contributed by atoms with Crippen LogP contribution < -0.4 is 10.6 Å². The van der Waals surface area contributed by atoms with Crippen molar-refractivity contribution in [2.75, 3.05) is 19.7 Å². The lowest BCUT2D eigenvalue weighted by Gasteiger charge is -2.24. The molecular formula is C18H24FN3O3. The second kappa shape index (κ2) is 8.40. The zero-order valence-corrected chi connectivity index (χ0v) is 14.2. The van der Waals surface area contributed by atoms with Gasteiger partial charge in [0.15, 0.2) is 0 Å². The van der Waals surface area contributed by atoms with Gasteiger partial charge >= 0.3 is 6.03 Å². The van der Waals surface area contributed by atoms with Crippen LogP contribution in [-0.2, 0) is 16.1 Å². The third-order valence-electron chi connectivity index (χ3n) is 4.31. The topological polar surface area (TPSA) is 70.7 Å². The molecule has 2 N–H and O–H groups in total. The lowest BCUT2D eigenvalue weighted by molar-refractivity contribution is -0.121. The molecule has 1 saturated heterocycles. The molecule has 1 heterocycles. The van der Waals surface area contributed by atoms with E-state index < -0.39 is 6.03 Å². The Morgan fingerprint density at radius 2 is 2.12 bits per heavy atom. The van der Waals surface area contributed by atoms with Gasteiger partial charge in [0, 0.05) is 25.7 Å². The van der Waals surface area contributed by atoms with Crippen LogP contribution in [0.1, 0.15) is 31.2 Å². The van der Waals surface area contributed by atoms with Crippen molar-refractivity contribution >= 4 is 11.9 Å². The zero-order chi connectivity index (χ0) is 17.6.